The summed E-state index contributed by atoms with van der Waals surface area (Å²) < 4.78 is 2.18. The van der Waals surface area contributed by atoms with E-state index < -0.39 is 0 Å². The van der Waals surface area contributed by atoms with Crippen LogP contribution in [0.4, 0.5) is 11.4 Å². The molecule has 5 aromatic rings. The van der Waals surface area contributed by atoms with Crippen LogP contribution in [0.15, 0.2) is 85.3 Å². The molecule has 3 heterocycles. The summed E-state index contributed by atoms with van der Waals surface area (Å²) in [6, 6.07) is 29.1. The average molecular weight is 667 g/mol. The zero-order chi connectivity index (χ0) is 25.6. The van der Waals surface area contributed by atoms with Crippen molar-refractivity contribution in [2.75, 3.05) is 0 Å². The van der Waals surface area contributed by atoms with Crippen LogP contribution in [0.2, 0.25) is 0 Å². The van der Waals surface area contributed by atoms with Crippen LogP contribution in [0.3, 0.4) is 0 Å². The van der Waals surface area contributed by atoms with Gasteiger partial charge in [-0.2, -0.15) is 0 Å². The quantitative estimate of drug-likeness (QED) is 0.189. The van der Waals surface area contributed by atoms with E-state index in [4.69, 9.17) is 18.4 Å². The van der Waals surface area contributed by atoms with Crippen molar-refractivity contribution in [1.29, 1.82) is 5.26 Å². The number of hydrogen-bond donors (Lipinski definition) is 0. The first-order valence-corrected chi connectivity index (χ1v) is 11.5. The van der Waals surface area contributed by atoms with E-state index in [2.05, 4.69) is 42.4 Å². The third-order valence-electron chi connectivity index (χ3n) is 6.00. The van der Waals surface area contributed by atoms with E-state index in [0.29, 0.717) is 11.3 Å². The molecule has 0 atom stereocenters. The van der Waals surface area contributed by atoms with Crippen LogP contribution in [-0.2, 0) is 33.1 Å². The van der Waals surface area contributed by atoms with Gasteiger partial charge in [0.2, 0.25) is 0 Å². The summed E-state index contributed by atoms with van der Waals surface area (Å²) in [5, 5.41) is 9.10. The van der Waals surface area contributed by atoms with Gasteiger partial charge in [-0.15, -0.1) is 47.5 Å². The maximum Gasteiger partial charge on any atom is 0.181 e. The molecule has 7 heteroatoms. The van der Waals surface area contributed by atoms with E-state index in [9.17, 15) is 0 Å². The summed E-state index contributed by atoms with van der Waals surface area (Å²) in [6.45, 7) is 15.6. The molecular weight excluding hydrogens is 649 g/mol. The van der Waals surface area contributed by atoms with Gasteiger partial charge in [-0.3, -0.25) is 19.7 Å². The predicted octanol–water partition coefficient (Wildman–Crippen LogP) is 7.09. The minimum Gasteiger partial charge on any atom is -0.371 e. The molecule has 0 N–H and O–H groups in total. The summed E-state index contributed by atoms with van der Waals surface area (Å²) in [7, 11) is 0. The van der Waals surface area contributed by atoms with Crippen molar-refractivity contribution in [3.63, 3.8) is 0 Å². The smallest absolute Gasteiger partial charge is 0.181 e. The SMILES string of the molecule is [C-]#[N+]c1cc(C#N)[c-]c(-c2ccc(-c3ccccc3)cn2)c1[N+]#[C-].[Ir].[c-]1cccc2c1-c1nccn1CC2. The van der Waals surface area contributed by atoms with E-state index in [1.807, 2.05) is 67.0 Å². The number of pyridine rings is 1. The molecule has 0 fully saturated rings. The summed E-state index contributed by atoms with van der Waals surface area (Å²) in [4.78, 5) is 15.5. The van der Waals surface area contributed by atoms with Crippen molar-refractivity contribution in [1.82, 2.24) is 14.5 Å². The fraction of sp³-hybridized carbons (Fsp3) is 0.0645. The Balaban J connectivity index is 0.000000201. The molecule has 0 spiro atoms. The number of benzene rings is 3. The predicted molar refractivity (Wildman–Crippen MR) is 141 cm³/mol. The number of imidazole rings is 1. The zero-order valence-corrected chi connectivity index (χ0v) is 22.4. The van der Waals surface area contributed by atoms with Crippen molar-refractivity contribution >= 4 is 11.4 Å². The van der Waals surface area contributed by atoms with Crippen LogP contribution in [0, 0.1) is 36.6 Å². The second-order valence-electron chi connectivity index (χ2n) is 8.19. The number of nitrogens with zero attached hydrogens (tertiary/aromatic N) is 6. The van der Waals surface area contributed by atoms with Gasteiger partial charge in [-0.1, -0.05) is 53.6 Å². The molecule has 0 aliphatic carbocycles. The molecule has 38 heavy (non-hydrogen) atoms. The van der Waals surface area contributed by atoms with Crippen molar-refractivity contribution in [2.45, 2.75) is 13.0 Å². The fourth-order valence-electron chi connectivity index (χ4n) is 4.20. The Bertz CT molecular complexity index is 1700. The molecule has 0 saturated heterocycles. The van der Waals surface area contributed by atoms with Crippen LogP contribution >= 0.6 is 0 Å². The summed E-state index contributed by atoms with van der Waals surface area (Å²) in [6.07, 6.45) is 6.68. The summed E-state index contributed by atoms with van der Waals surface area (Å²) in [5.41, 5.74) is 5.95. The number of hydrogen-bond acceptors (Lipinski definition) is 3. The van der Waals surface area contributed by atoms with Gasteiger partial charge < -0.3 is 4.57 Å². The molecule has 3 aromatic carbocycles. The summed E-state index contributed by atoms with van der Waals surface area (Å²) in [5.74, 6) is 1.06. The Morgan fingerprint density at radius 1 is 0.947 bits per heavy atom. The van der Waals surface area contributed by atoms with Crippen LogP contribution in [0.25, 0.3) is 43.5 Å². The number of rotatable bonds is 2. The first-order chi connectivity index (χ1) is 18.2. The Labute approximate surface area is 234 Å². The van der Waals surface area contributed by atoms with E-state index in [0.717, 1.165) is 29.9 Å². The van der Waals surface area contributed by atoms with Gasteiger partial charge in [0.1, 0.15) is 0 Å². The second-order valence-corrected chi connectivity index (χ2v) is 8.19. The fourth-order valence-corrected chi connectivity index (χ4v) is 4.20. The van der Waals surface area contributed by atoms with E-state index in [1.165, 1.54) is 17.2 Å². The van der Waals surface area contributed by atoms with Gasteiger partial charge in [0, 0.05) is 50.9 Å². The third kappa shape index (κ3) is 5.29. The standard InChI is InChI=1S/C20H9N4.C11H9N2.Ir/c1-22-19-11-14(12-21)10-17(20(19)23-2)18-9-8-16(13-24-18)15-6-4-3-5-7-15;1-2-4-10-9(3-1)5-7-13-8-6-12-11(10)13;/h3-9,11,13H;1-3,6,8H,5,7H2;/q2*-1;. The van der Waals surface area contributed by atoms with Gasteiger partial charge in [0.05, 0.1) is 19.0 Å². The van der Waals surface area contributed by atoms with Gasteiger partial charge in [0.15, 0.2) is 11.4 Å². The minimum absolute atomic E-state index is 0. The normalized spacial score (nSPS) is 10.7. The number of aryl methyl sites for hydroxylation is 2. The van der Waals surface area contributed by atoms with Crippen LogP contribution < -0.4 is 0 Å². The summed E-state index contributed by atoms with van der Waals surface area (Å²) >= 11 is 0. The number of fused-ring (bicyclic) bond motifs is 3. The first-order valence-electron chi connectivity index (χ1n) is 11.5. The van der Waals surface area contributed by atoms with Crippen molar-refractivity contribution in [3.05, 3.63) is 131 Å². The molecule has 1 aliphatic rings. The molecular formula is C31H18IrN6-2. The molecule has 6 rings (SSSR count). The van der Waals surface area contributed by atoms with E-state index >= 15 is 0 Å². The van der Waals surface area contributed by atoms with Gasteiger partial charge in [-0.05, 0) is 23.6 Å². The van der Waals surface area contributed by atoms with Gasteiger partial charge in [-0.25, -0.2) is 5.26 Å². The maximum absolute atomic E-state index is 9.10. The maximum atomic E-state index is 9.10. The van der Waals surface area contributed by atoms with Crippen LogP contribution in [0.1, 0.15) is 11.1 Å². The second kappa shape index (κ2) is 11.9. The third-order valence-corrected chi connectivity index (χ3v) is 6.00. The van der Waals surface area contributed by atoms with Crippen molar-refractivity contribution in [2.24, 2.45) is 0 Å². The molecule has 0 amide bonds. The van der Waals surface area contributed by atoms with Crippen molar-refractivity contribution in [3.8, 4) is 39.8 Å². The Hall–Kier alpha value is -4.86. The average Bonchev–Trinajstić information content (AvgIpc) is 3.47. The van der Waals surface area contributed by atoms with Crippen molar-refractivity contribution < 1.29 is 20.1 Å². The molecule has 0 bridgehead atoms. The number of aromatic nitrogens is 3. The monoisotopic (exact) mass is 667 g/mol. The molecule has 183 valence electrons. The molecule has 1 aliphatic heterocycles. The van der Waals surface area contributed by atoms with Crippen LogP contribution in [0.5, 0.6) is 0 Å². The van der Waals surface area contributed by atoms with Crippen LogP contribution in [-0.4, -0.2) is 14.5 Å². The zero-order valence-electron chi connectivity index (χ0n) is 20.0. The largest absolute Gasteiger partial charge is 0.371 e. The molecule has 2 aromatic heterocycles. The Kier molecular flexibility index (Phi) is 8.22. The molecule has 0 unspecified atom stereocenters. The topological polar surface area (TPSA) is 63.2 Å². The van der Waals surface area contributed by atoms with E-state index in [1.54, 1.807) is 12.3 Å². The molecule has 1 radical (unpaired) electrons. The first kappa shape index (κ1) is 26.2. The van der Waals surface area contributed by atoms with E-state index in [-0.39, 0.29) is 37.0 Å². The molecule has 0 saturated carbocycles. The van der Waals surface area contributed by atoms with Gasteiger partial charge >= 0.3 is 0 Å². The Morgan fingerprint density at radius 2 is 1.79 bits per heavy atom. The number of nitriles is 1. The Morgan fingerprint density at radius 3 is 2.50 bits per heavy atom. The minimum atomic E-state index is 0. The molecule has 6 nitrogen and oxygen atoms in total. The van der Waals surface area contributed by atoms with Gasteiger partial charge in [0.25, 0.3) is 0 Å².